The largest absolute Gasteiger partial charge is 0.490 e. The Labute approximate surface area is 198 Å². The quantitative estimate of drug-likeness (QED) is 0.536. The molecular weight excluding hydrogens is 472 g/mol. The van der Waals surface area contributed by atoms with Gasteiger partial charge in [0.25, 0.3) is 0 Å². The number of halogens is 1. The number of rotatable bonds is 8. The summed E-state index contributed by atoms with van der Waals surface area (Å²) in [4.78, 5) is 0. The first-order valence-corrected chi connectivity index (χ1v) is 12.3. The predicted octanol–water partition coefficient (Wildman–Crippen LogP) is 4.87. The highest BCUT2D eigenvalue weighted by Gasteiger charge is 2.45. The third-order valence-corrected chi connectivity index (χ3v) is 7.40. The van der Waals surface area contributed by atoms with Crippen LogP contribution < -0.4 is 4.74 Å². The number of aryl methyl sites for hydroxylation is 1. The Morgan fingerprint density at radius 1 is 1.16 bits per heavy atom. The molecule has 1 heterocycles. The number of ether oxygens (including phenoxy) is 3. The van der Waals surface area contributed by atoms with Crippen LogP contribution in [-0.4, -0.2) is 42.2 Å². The van der Waals surface area contributed by atoms with Gasteiger partial charge in [-0.25, -0.2) is 0 Å². The molecule has 5 nitrogen and oxygen atoms in total. The van der Waals surface area contributed by atoms with Crippen LogP contribution in [0.25, 0.3) is 0 Å². The fraction of sp³-hybridized carbons (Fsp3) is 0.538. The van der Waals surface area contributed by atoms with Gasteiger partial charge in [0.05, 0.1) is 30.5 Å². The minimum Gasteiger partial charge on any atom is -0.490 e. The van der Waals surface area contributed by atoms with Crippen molar-refractivity contribution >= 4 is 15.9 Å². The first-order chi connectivity index (χ1) is 15.5. The zero-order valence-corrected chi connectivity index (χ0v) is 20.4. The number of aliphatic hydroxyl groups excluding tert-OH is 2. The third-order valence-electron chi connectivity index (χ3n) is 6.66. The van der Waals surface area contributed by atoms with E-state index < -0.39 is 18.0 Å². The lowest BCUT2D eigenvalue weighted by Crippen LogP contribution is -2.47. The van der Waals surface area contributed by atoms with Crippen molar-refractivity contribution < 1.29 is 24.4 Å². The van der Waals surface area contributed by atoms with E-state index in [-0.39, 0.29) is 19.1 Å². The van der Waals surface area contributed by atoms with Crippen molar-refractivity contribution in [2.75, 3.05) is 13.7 Å². The fourth-order valence-corrected chi connectivity index (χ4v) is 4.96. The third kappa shape index (κ3) is 5.05. The van der Waals surface area contributed by atoms with Crippen LogP contribution in [0.4, 0.5) is 0 Å². The molecule has 2 aliphatic rings. The summed E-state index contributed by atoms with van der Waals surface area (Å²) in [5.41, 5.74) is 4.39. The van der Waals surface area contributed by atoms with E-state index in [1.165, 1.54) is 17.5 Å². The molecule has 0 bridgehead atoms. The average molecular weight is 505 g/mol. The van der Waals surface area contributed by atoms with Gasteiger partial charge in [-0.3, -0.25) is 0 Å². The van der Waals surface area contributed by atoms with Crippen LogP contribution in [0.3, 0.4) is 0 Å². The number of methoxy groups -OCH3 is 1. The maximum Gasteiger partial charge on any atom is 0.201 e. The SMILES string of the molecule is CCc1ccc(Cc2cc(C3(OC)CC(O)CC(CO)O3)c(OC3CCC3)cc2Br)cc1. The maximum atomic E-state index is 10.6. The molecule has 0 aromatic heterocycles. The standard InChI is InChI=1S/C26H33BrO5/c1-3-17-7-9-18(10-8-17)11-19-12-23(25(14-24(19)27)31-21-5-4-6-21)26(30-2)15-20(29)13-22(16-28)32-26/h7-10,12,14,20-22,28-29H,3-6,11,13,15-16H2,1-2H3. The number of aliphatic hydroxyl groups is 2. The predicted molar refractivity (Wildman–Crippen MR) is 127 cm³/mol. The number of hydrogen-bond donors (Lipinski definition) is 2. The van der Waals surface area contributed by atoms with Gasteiger partial charge in [-0.05, 0) is 60.9 Å². The van der Waals surface area contributed by atoms with E-state index in [9.17, 15) is 10.2 Å². The van der Waals surface area contributed by atoms with E-state index in [2.05, 4.69) is 53.2 Å². The first-order valence-electron chi connectivity index (χ1n) is 11.6. The molecule has 6 heteroatoms. The van der Waals surface area contributed by atoms with Gasteiger partial charge in [0.1, 0.15) is 5.75 Å². The first kappa shape index (κ1) is 23.7. The lowest BCUT2D eigenvalue weighted by molar-refractivity contribution is -0.299. The highest BCUT2D eigenvalue weighted by atomic mass is 79.9. The van der Waals surface area contributed by atoms with E-state index >= 15 is 0 Å². The molecule has 1 saturated heterocycles. The second-order valence-electron chi connectivity index (χ2n) is 8.93. The van der Waals surface area contributed by atoms with Crippen LogP contribution >= 0.6 is 15.9 Å². The van der Waals surface area contributed by atoms with Crippen molar-refractivity contribution in [1.82, 2.24) is 0 Å². The Bertz CT molecular complexity index is 911. The maximum absolute atomic E-state index is 10.6. The van der Waals surface area contributed by atoms with Gasteiger partial charge in [0.15, 0.2) is 0 Å². The molecule has 174 valence electrons. The summed E-state index contributed by atoms with van der Waals surface area (Å²) in [5.74, 6) is -0.467. The molecule has 2 fully saturated rings. The van der Waals surface area contributed by atoms with Crippen molar-refractivity contribution in [2.24, 2.45) is 0 Å². The average Bonchev–Trinajstić information content (AvgIpc) is 2.77. The Morgan fingerprint density at radius 3 is 2.47 bits per heavy atom. The molecule has 0 radical (unpaired) electrons. The van der Waals surface area contributed by atoms with Crippen molar-refractivity contribution in [2.45, 2.75) is 76.0 Å². The van der Waals surface area contributed by atoms with Crippen LogP contribution in [-0.2, 0) is 28.1 Å². The molecule has 0 spiro atoms. The van der Waals surface area contributed by atoms with Gasteiger partial charge in [0.2, 0.25) is 5.79 Å². The monoisotopic (exact) mass is 504 g/mol. The molecule has 2 aromatic rings. The molecule has 32 heavy (non-hydrogen) atoms. The van der Waals surface area contributed by atoms with E-state index in [4.69, 9.17) is 14.2 Å². The van der Waals surface area contributed by atoms with Crippen LogP contribution in [0.5, 0.6) is 5.75 Å². The van der Waals surface area contributed by atoms with Crippen molar-refractivity contribution in [3.63, 3.8) is 0 Å². The summed E-state index contributed by atoms with van der Waals surface area (Å²) in [6.07, 6.45) is 4.72. The summed E-state index contributed by atoms with van der Waals surface area (Å²) < 4.78 is 19.5. The Kier molecular flexibility index (Phi) is 7.58. The zero-order valence-electron chi connectivity index (χ0n) is 18.9. The molecule has 0 amide bonds. The smallest absolute Gasteiger partial charge is 0.201 e. The Hall–Kier alpha value is -1.44. The van der Waals surface area contributed by atoms with Gasteiger partial charge in [-0.2, -0.15) is 0 Å². The molecule has 3 unspecified atom stereocenters. The van der Waals surface area contributed by atoms with Gasteiger partial charge in [-0.1, -0.05) is 47.1 Å². The van der Waals surface area contributed by atoms with E-state index in [0.29, 0.717) is 12.2 Å². The highest BCUT2D eigenvalue weighted by molar-refractivity contribution is 9.10. The number of benzene rings is 2. The van der Waals surface area contributed by atoms with Gasteiger partial charge < -0.3 is 24.4 Å². The highest BCUT2D eigenvalue weighted by Crippen LogP contribution is 2.45. The van der Waals surface area contributed by atoms with Gasteiger partial charge >= 0.3 is 0 Å². The fourth-order valence-electron chi connectivity index (χ4n) is 4.50. The molecule has 1 saturated carbocycles. The molecule has 2 N–H and O–H groups in total. The summed E-state index contributed by atoms with van der Waals surface area (Å²) in [6, 6.07) is 12.7. The van der Waals surface area contributed by atoms with Crippen molar-refractivity contribution in [3.8, 4) is 5.75 Å². The summed E-state index contributed by atoms with van der Waals surface area (Å²) in [7, 11) is 1.59. The molecular formula is C26H33BrO5. The number of hydrogen-bond acceptors (Lipinski definition) is 5. The van der Waals surface area contributed by atoms with Gasteiger partial charge in [0, 0.05) is 24.4 Å². The zero-order chi connectivity index (χ0) is 22.7. The summed E-state index contributed by atoms with van der Waals surface area (Å²) in [6.45, 7) is 1.98. The van der Waals surface area contributed by atoms with E-state index in [0.717, 1.165) is 41.3 Å². The second kappa shape index (κ2) is 10.2. The van der Waals surface area contributed by atoms with Gasteiger partial charge in [-0.15, -0.1) is 0 Å². The van der Waals surface area contributed by atoms with Crippen LogP contribution in [0.2, 0.25) is 0 Å². The summed E-state index contributed by atoms with van der Waals surface area (Å²) in [5, 5.41) is 20.3. The molecule has 1 aliphatic carbocycles. The summed E-state index contributed by atoms with van der Waals surface area (Å²) >= 11 is 3.75. The molecule has 2 aromatic carbocycles. The minimum atomic E-state index is -1.17. The van der Waals surface area contributed by atoms with E-state index in [1.54, 1.807) is 7.11 Å². The van der Waals surface area contributed by atoms with Crippen LogP contribution in [0.1, 0.15) is 61.3 Å². The molecule has 3 atom stereocenters. The normalized spacial score (nSPS) is 26.0. The van der Waals surface area contributed by atoms with Crippen molar-refractivity contribution in [3.05, 3.63) is 63.1 Å². The lowest BCUT2D eigenvalue weighted by atomic mass is 9.89. The topological polar surface area (TPSA) is 68.2 Å². The van der Waals surface area contributed by atoms with Crippen LogP contribution in [0.15, 0.2) is 40.9 Å². The van der Waals surface area contributed by atoms with E-state index in [1.807, 2.05) is 6.07 Å². The lowest BCUT2D eigenvalue weighted by Gasteiger charge is -2.43. The molecule has 1 aliphatic heterocycles. The second-order valence-corrected chi connectivity index (χ2v) is 9.78. The Morgan fingerprint density at radius 2 is 1.88 bits per heavy atom. The molecule has 4 rings (SSSR count). The minimum absolute atomic E-state index is 0.172. The Balaban J connectivity index is 1.73. The van der Waals surface area contributed by atoms with Crippen molar-refractivity contribution in [1.29, 1.82) is 0 Å². The van der Waals surface area contributed by atoms with Crippen LogP contribution in [0, 0.1) is 0 Å².